The number of benzene rings is 1. The molecule has 6 nitrogen and oxygen atoms in total. The van der Waals surface area contributed by atoms with E-state index >= 15 is 0 Å². The third-order valence-corrected chi connectivity index (χ3v) is 7.25. The molecule has 2 heterocycles. The fraction of sp³-hybridized carbons (Fsp3) is 0.556. The highest BCUT2D eigenvalue weighted by atomic mass is 32.2. The van der Waals surface area contributed by atoms with Crippen LogP contribution in [-0.4, -0.2) is 65.3 Å². The van der Waals surface area contributed by atoms with Gasteiger partial charge in [0.05, 0.1) is 17.2 Å². The number of aliphatic carboxylic acids is 1. The van der Waals surface area contributed by atoms with Crippen LogP contribution in [-0.2, 0) is 14.3 Å². The topological polar surface area (TPSA) is 76.1 Å². The van der Waals surface area contributed by atoms with Crippen LogP contribution in [0.1, 0.15) is 23.5 Å². The molecule has 8 heteroatoms. The maximum absolute atomic E-state index is 12.3. The zero-order valence-electron chi connectivity index (χ0n) is 14.6. The van der Waals surface area contributed by atoms with Crippen molar-refractivity contribution in [2.24, 2.45) is 0 Å². The number of carboxylic acid groups (broad SMARTS) is 1. The van der Waals surface area contributed by atoms with Crippen LogP contribution < -0.4 is 4.74 Å². The molecular weight excluding hydrogens is 374 g/mol. The molecule has 1 amide bonds. The van der Waals surface area contributed by atoms with E-state index in [9.17, 15) is 9.59 Å². The monoisotopic (exact) mass is 397 g/mol. The first-order valence-corrected chi connectivity index (χ1v) is 10.7. The SMILES string of the molecule is C[C@@H]1CN(C(=O)COc2ccc(C3SCCCS3)cc2)CC(C(=O)O)O1. The second-order valence-electron chi connectivity index (χ2n) is 6.36. The molecular formula is C18H23NO5S2. The lowest BCUT2D eigenvalue weighted by Crippen LogP contribution is -2.52. The molecule has 1 N–H and O–H groups in total. The smallest absolute Gasteiger partial charge is 0.334 e. The van der Waals surface area contributed by atoms with Crippen LogP contribution in [0.2, 0.25) is 0 Å². The minimum Gasteiger partial charge on any atom is -0.484 e. The fourth-order valence-corrected chi connectivity index (χ4v) is 5.82. The van der Waals surface area contributed by atoms with E-state index in [1.165, 1.54) is 28.4 Å². The number of morpholine rings is 1. The average molecular weight is 398 g/mol. The minimum absolute atomic E-state index is 0.0525. The standard InChI is InChI=1S/C18H23NO5S2/c1-12-9-19(10-15(24-12)17(21)22)16(20)11-23-14-5-3-13(4-6-14)18-25-7-2-8-26-18/h3-6,12,15,18H,2,7-11H2,1H3,(H,21,22)/t12-,15?/m1/s1. The molecule has 2 fully saturated rings. The molecule has 1 aromatic carbocycles. The third kappa shape index (κ3) is 5.08. The summed E-state index contributed by atoms with van der Waals surface area (Å²) in [4.78, 5) is 25.0. The highest BCUT2D eigenvalue weighted by Gasteiger charge is 2.32. The van der Waals surface area contributed by atoms with Gasteiger partial charge in [-0.05, 0) is 42.5 Å². The Bertz CT molecular complexity index is 633. The summed E-state index contributed by atoms with van der Waals surface area (Å²) in [5, 5.41) is 9.10. The van der Waals surface area contributed by atoms with Gasteiger partial charge >= 0.3 is 5.97 Å². The molecule has 2 atom stereocenters. The maximum Gasteiger partial charge on any atom is 0.334 e. The molecule has 0 bridgehead atoms. The van der Waals surface area contributed by atoms with E-state index in [0.29, 0.717) is 16.9 Å². The first-order chi connectivity index (χ1) is 12.5. The summed E-state index contributed by atoms with van der Waals surface area (Å²) in [6.07, 6.45) is -0.0241. The molecule has 2 aliphatic rings. The molecule has 1 aromatic rings. The Morgan fingerprint density at radius 3 is 2.58 bits per heavy atom. The van der Waals surface area contributed by atoms with E-state index in [1.807, 2.05) is 47.8 Å². The number of carbonyl (C=O) groups excluding carboxylic acids is 1. The van der Waals surface area contributed by atoms with Gasteiger partial charge in [0.1, 0.15) is 5.75 Å². The van der Waals surface area contributed by atoms with E-state index in [-0.39, 0.29) is 25.2 Å². The number of carbonyl (C=O) groups is 2. The summed E-state index contributed by atoms with van der Waals surface area (Å²) in [5.41, 5.74) is 1.27. The highest BCUT2D eigenvalue weighted by Crippen LogP contribution is 2.43. The van der Waals surface area contributed by atoms with Crippen molar-refractivity contribution in [3.8, 4) is 5.75 Å². The summed E-state index contributed by atoms with van der Waals surface area (Å²) in [6, 6.07) is 7.88. The van der Waals surface area contributed by atoms with Gasteiger partial charge in [-0.1, -0.05) is 12.1 Å². The van der Waals surface area contributed by atoms with Gasteiger partial charge in [0, 0.05) is 6.54 Å². The Morgan fingerprint density at radius 1 is 1.23 bits per heavy atom. The predicted octanol–water partition coefficient (Wildman–Crippen LogP) is 2.63. The summed E-state index contributed by atoms with van der Waals surface area (Å²) >= 11 is 3.93. The summed E-state index contributed by atoms with van der Waals surface area (Å²) in [6.45, 7) is 2.08. The van der Waals surface area contributed by atoms with E-state index < -0.39 is 12.1 Å². The lowest BCUT2D eigenvalue weighted by atomic mass is 10.2. The van der Waals surface area contributed by atoms with Gasteiger partial charge in [-0.2, -0.15) is 0 Å². The first-order valence-electron chi connectivity index (χ1n) is 8.65. The number of carboxylic acids is 1. The molecule has 2 aliphatic heterocycles. The summed E-state index contributed by atoms with van der Waals surface area (Å²) in [7, 11) is 0. The largest absolute Gasteiger partial charge is 0.484 e. The maximum atomic E-state index is 12.3. The molecule has 26 heavy (non-hydrogen) atoms. The number of hydrogen-bond acceptors (Lipinski definition) is 6. The van der Waals surface area contributed by atoms with Crippen LogP contribution in [0, 0.1) is 0 Å². The predicted molar refractivity (Wildman–Crippen MR) is 103 cm³/mol. The quantitative estimate of drug-likeness (QED) is 0.818. The number of thioether (sulfide) groups is 2. The normalized spacial score (nSPS) is 24.3. The van der Waals surface area contributed by atoms with E-state index in [0.717, 1.165) is 0 Å². The Kier molecular flexibility index (Phi) is 6.72. The molecule has 2 saturated heterocycles. The van der Waals surface area contributed by atoms with Gasteiger partial charge in [-0.15, -0.1) is 23.5 Å². The number of nitrogens with zero attached hydrogens (tertiary/aromatic N) is 1. The van der Waals surface area contributed by atoms with Crippen molar-refractivity contribution >= 4 is 35.4 Å². The fourth-order valence-electron chi connectivity index (χ4n) is 2.93. The van der Waals surface area contributed by atoms with Gasteiger partial charge in [0.2, 0.25) is 0 Å². The van der Waals surface area contributed by atoms with Crippen molar-refractivity contribution in [2.45, 2.75) is 30.1 Å². The molecule has 3 rings (SSSR count). The van der Waals surface area contributed by atoms with Crippen LogP contribution in [0.15, 0.2) is 24.3 Å². The van der Waals surface area contributed by atoms with Crippen molar-refractivity contribution in [2.75, 3.05) is 31.2 Å². The highest BCUT2D eigenvalue weighted by molar-refractivity contribution is 8.16. The van der Waals surface area contributed by atoms with Gasteiger partial charge < -0.3 is 19.5 Å². The van der Waals surface area contributed by atoms with Gasteiger partial charge in [-0.25, -0.2) is 4.79 Å². The zero-order chi connectivity index (χ0) is 18.5. The van der Waals surface area contributed by atoms with Crippen LogP contribution in [0.3, 0.4) is 0 Å². The van der Waals surface area contributed by atoms with Crippen molar-refractivity contribution in [3.63, 3.8) is 0 Å². The lowest BCUT2D eigenvalue weighted by Gasteiger charge is -2.34. The minimum atomic E-state index is -1.05. The van der Waals surface area contributed by atoms with Crippen LogP contribution >= 0.6 is 23.5 Å². The summed E-state index contributed by atoms with van der Waals surface area (Å²) in [5.74, 6) is 1.75. The van der Waals surface area contributed by atoms with Gasteiger partial charge in [-0.3, -0.25) is 4.79 Å². The molecule has 0 radical (unpaired) electrons. The Morgan fingerprint density at radius 2 is 1.92 bits per heavy atom. The molecule has 0 saturated carbocycles. The Labute approximate surface area is 161 Å². The zero-order valence-corrected chi connectivity index (χ0v) is 16.3. The van der Waals surface area contributed by atoms with Crippen LogP contribution in [0.4, 0.5) is 0 Å². The molecule has 1 unspecified atom stereocenters. The summed E-state index contributed by atoms with van der Waals surface area (Å²) < 4.78 is 11.4. The third-order valence-electron chi connectivity index (χ3n) is 4.23. The second kappa shape index (κ2) is 9.01. The number of rotatable bonds is 5. The lowest BCUT2D eigenvalue weighted by molar-refractivity contribution is -0.167. The molecule has 0 spiro atoms. The Hall–Kier alpha value is -1.38. The van der Waals surface area contributed by atoms with E-state index in [1.54, 1.807) is 6.92 Å². The van der Waals surface area contributed by atoms with E-state index in [4.69, 9.17) is 14.6 Å². The van der Waals surface area contributed by atoms with Crippen molar-refractivity contribution in [1.29, 1.82) is 0 Å². The van der Waals surface area contributed by atoms with Crippen LogP contribution in [0.25, 0.3) is 0 Å². The molecule has 142 valence electrons. The second-order valence-corrected chi connectivity index (χ2v) is 9.08. The molecule has 0 aromatic heterocycles. The Balaban J connectivity index is 1.51. The average Bonchev–Trinajstić information content (AvgIpc) is 2.66. The van der Waals surface area contributed by atoms with Crippen molar-refractivity contribution in [3.05, 3.63) is 29.8 Å². The van der Waals surface area contributed by atoms with Crippen molar-refractivity contribution in [1.82, 2.24) is 4.90 Å². The number of hydrogen-bond donors (Lipinski definition) is 1. The first kappa shape index (κ1) is 19.4. The van der Waals surface area contributed by atoms with Crippen LogP contribution in [0.5, 0.6) is 5.75 Å². The van der Waals surface area contributed by atoms with E-state index in [2.05, 4.69) is 0 Å². The van der Waals surface area contributed by atoms with Gasteiger partial charge in [0.15, 0.2) is 12.7 Å². The number of amides is 1. The van der Waals surface area contributed by atoms with Crippen molar-refractivity contribution < 1.29 is 24.2 Å². The number of ether oxygens (including phenoxy) is 2. The van der Waals surface area contributed by atoms with Gasteiger partial charge in [0.25, 0.3) is 5.91 Å². The molecule has 0 aliphatic carbocycles.